The van der Waals surface area contributed by atoms with Crippen LogP contribution in [0.1, 0.15) is 16.2 Å². The molecule has 3 aromatic heterocycles. The number of anilines is 1. The van der Waals surface area contributed by atoms with Gasteiger partial charge in [-0.25, -0.2) is 9.97 Å². The summed E-state index contributed by atoms with van der Waals surface area (Å²) in [6.07, 6.45) is 1.89. The Morgan fingerprint density at radius 3 is 2.90 bits per heavy atom. The van der Waals surface area contributed by atoms with E-state index in [1.54, 1.807) is 4.90 Å². The molecule has 1 saturated heterocycles. The Morgan fingerprint density at radius 2 is 2.06 bits per heavy atom. The maximum absolute atomic E-state index is 13.8. The van der Waals surface area contributed by atoms with E-state index in [1.165, 1.54) is 11.3 Å². The number of halogens is 1. The molecule has 5 rings (SSSR count). The molecule has 1 amide bonds. The van der Waals surface area contributed by atoms with Crippen LogP contribution in [0.2, 0.25) is 0 Å². The zero-order valence-corrected chi connectivity index (χ0v) is 19.5. The summed E-state index contributed by atoms with van der Waals surface area (Å²) in [4.78, 5) is 27.3. The van der Waals surface area contributed by atoms with Crippen molar-refractivity contribution in [1.29, 1.82) is 0 Å². The number of aryl methyl sites for hydroxylation is 1. The predicted octanol–water partition coefficient (Wildman–Crippen LogP) is 3.99. The van der Waals surface area contributed by atoms with Gasteiger partial charge in [0.05, 0.1) is 29.1 Å². The number of benzene rings is 1. The summed E-state index contributed by atoms with van der Waals surface area (Å²) in [5.74, 6) is -0.0809. The topological polar surface area (TPSA) is 63.0 Å². The molecule has 0 bridgehead atoms. The molecule has 0 atom stereocenters. The number of hydrogen-bond acceptors (Lipinski definition) is 6. The van der Waals surface area contributed by atoms with Crippen molar-refractivity contribution in [2.45, 2.75) is 6.92 Å². The highest BCUT2D eigenvalue weighted by Crippen LogP contribution is 2.32. The number of thiazole rings is 1. The number of ether oxygens (including phenoxy) is 1. The van der Waals surface area contributed by atoms with Crippen molar-refractivity contribution >= 4 is 54.2 Å². The molecule has 1 fully saturated rings. The quantitative estimate of drug-likeness (QED) is 0.415. The van der Waals surface area contributed by atoms with Crippen LogP contribution in [0, 0.1) is 6.92 Å². The van der Waals surface area contributed by atoms with E-state index in [4.69, 9.17) is 9.72 Å². The summed E-state index contributed by atoms with van der Waals surface area (Å²) in [6, 6.07) is 11.7. The molecule has 0 saturated carbocycles. The number of imidazole rings is 1. The fourth-order valence-corrected chi connectivity index (χ4v) is 5.39. The first-order valence-corrected chi connectivity index (χ1v) is 11.8. The molecular weight excluding hydrogens is 478 g/mol. The molecule has 7 nitrogen and oxygen atoms in total. The number of amides is 1. The zero-order valence-electron chi connectivity index (χ0n) is 17.1. The second-order valence-electron chi connectivity index (χ2n) is 7.49. The van der Waals surface area contributed by atoms with Crippen LogP contribution >= 0.6 is 27.3 Å². The minimum atomic E-state index is -0.0809. The number of pyridine rings is 1. The normalized spacial score (nSPS) is 15.0. The molecule has 1 aromatic carbocycles. The Labute approximate surface area is 192 Å². The van der Waals surface area contributed by atoms with Crippen molar-refractivity contribution in [3.05, 3.63) is 58.5 Å². The third-order valence-electron chi connectivity index (χ3n) is 5.47. The van der Waals surface area contributed by atoms with Gasteiger partial charge in [0.1, 0.15) is 11.3 Å². The lowest BCUT2D eigenvalue weighted by molar-refractivity contribution is 0.0391. The van der Waals surface area contributed by atoms with Gasteiger partial charge in [-0.15, -0.1) is 0 Å². The van der Waals surface area contributed by atoms with Crippen molar-refractivity contribution in [2.24, 2.45) is 0 Å². The van der Waals surface area contributed by atoms with Crippen LogP contribution in [0.25, 0.3) is 15.9 Å². The van der Waals surface area contributed by atoms with Crippen LogP contribution in [0.5, 0.6) is 0 Å². The lowest BCUT2D eigenvalue weighted by Crippen LogP contribution is -2.43. The minimum Gasteiger partial charge on any atom is -0.379 e. The number of carbonyl (C=O) groups is 1. The number of hydrogen-bond donors (Lipinski definition) is 0. The summed E-state index contributed by atoms with van der Waals surface area (Å²) in [5, 5.41) is 0.705. The van der Waals surface area contributed by atoms with Crippen molar-refractivity contribution in [1.82, 2.24) is 19.3 Å². The van der Waals surface area contributed by atoms with Gasteiger partial charge in [-0.05, 0) is 37.3 Å². The van der Waals surface area contributed by atoms with Crippen molar-refractivity contribution < 1.29 is 9.53 Å². The smallest absolute Gasteiger partial charge is 0.279 e. The Balaban J connectivity index is 1.53. The van der Waals surface area contributed by atoms with Gasteiger partial charge in [0.15, 0.2) is 5.13 Å². The molecule has 4 aromatic rings. The van der Waals surface area contributed by atoms with E-state index in [0.29, 0.717) is 17.4 Å². The van der Waals surface area contributed by atoms with E-state index >= 15 is 0 Å². The van der Waals surface area contributed by atoms with Crippen molar-refractivity contribution in [2.75, 3.05) is 44.3 Å². The Morgan fingerprint density at radius 1 is 1.23 bits per heavy atom. The van der Waals surface area contributed by atoms with Gasteiger partial charge in [-0.1, -0.05) is 33.3 Å². The molecule has 9 heteroatoms. The van der Waals surface area contributed by atoms with E-state index in [1.807, 2.05) is 53.9 Å². The second-order valence-corrected chi connectivity index (χ2v) is 9.42. The Kier molecular flexibility index (Phi) is 5.75. The van der Waals surface area contributed by atoms with E-state index in [0.717, 1.165) is 58.9 Å². The first kappa shape index (κ1) is 20.6. The first-order chi connectivity index (χ1) is 15.1. The summed E-state index contributed by atoms with van der Waals surface area (Å²) in [5.41, 5.74) is 2.96. The Hall–Kier alpha value is -2.33. The lowest BCUT2D eigenvalue weighted by Gasteiger charge is -2.29. The van der Waals surface area contributed by atoms with Crippen molar-refractivity contribution in [3.8, 4) is 0 Å². The molecule has 31 heavy (non-hydrogen) atoms. The lowest BCUT2D eigenvalue weighted by atomic mass is 10.3. The fraction of sp³-hybridized carbons (Fsp3) is 0.318. The maximum Gasteiger partial charge on any atom is 0.279 e. The molecule has 0 aliphatic carbocycles. The fourth-order valence-electron chi connectivity index (χ4n) is 3.85. The summed E-state index contributed by atoms with van der Waals surface area (Å²) in [7, 11) is 0. The van der Waals surface area contributed by atoms with Crippen molar-refractivity contribution in [3.63, 3.8) is 0 Å². The molecule has 0 radical (unpaired) electrons. The summed E-state index contributed by atoms with van der Waals surface area (Å²) < 4.78 is 9.37. The number of carbonyl (C=O) groups excluding carboxylic acids is 1. The molecular formula is C22H22BrN5O2S. The first-order valence-electron chi connectivity index (χ1n) is 10.2. The number of aromatic nitrogens is 3. The van der Waals surface area contributed by atoms with Gasteiger partial charge in [0.2, 0.25) is 0 Å². The average molecular weight is 500 g/mol. The van der Waals surface area contributed by atoms with Gasteiger partial charge >= 0.3 is 0 Å². The van der Waals surface area contributed by atoms with E-state index in [2.05, 4.69) is 25.8 Å². The van der Waals surface area contributed by atoms with Crippen LogP contribution in [-0.2, 0) is 4.74 Å². The minimum absolute atomic E-state index is 0.0809. The number of nitrogens with zero attached hydrogens (tertiary/aromatic N) is 5. The van der Waals surface area contributed by atoms with Crippen LogP contribution in [-0.4, -0.2) is 64.6 Å². The molecule has 1 aliphatic heterocycles. The van der Waals surface area contributed by atoms with Gasteiger partial charge in [-0.3, -0.25) is 19.0 Å². The molecule has 0 spiro atoms. The van der Waals surface area contributed by atoms with E-state index < -0.39 is 0 Å². The second kappa shape index (κ2) is 8.66. The summed E-state index contributed by atoms with van der Waals surface area (Å²) in [6.45, 7) is 6.43. The third-order valence-corrected chi connectivity index (χ3v) is 7.00. The van der Waals surface area contributed by atoms with E-state index in [-0.39, 0.29) is 5.91 Å². The maximum atomic E-state index is 13.8. The largest absolute Gasteiger partial charge is 0.379 e. The van der Waals surface area contributed by atoms with Gasteiger partial charge in [0, 0.05) is 36.8 Å². The van der Waals surface area contributed by atoms with Gasteiger partial charge < -0.3 is 4.74 Å². The highest BCUT2D eigenvalue weighted by molar-refractivity contribution is 9.10. The van der Waals surface area contributed by atoms with Crippen LogP contribution in [0.15, 0.2) is 47.1 Å². The number of morpholine rings is 1. The third kappa shape index (κ3) is 4.10. The number of fused-ring (bicyclic) bond motifs is 2. The average Bonchev–Trinajstić information content (AvgIpc) is 3.34. The Bertz CT molecular complexity index is 1250. The SMILES string of the molecule is Cc1nc2ccccn2c1C(=O)N(CCN1CCOCC1)c1nc2ccc(Br)cc2s1. The highest BCUT2D eigenvalue weighted by atomic mass is 79.9. The zero-order chi connectivity index (χ0) is 21.4. The molecule has 0 unspecified atom stereocenters. The number of rotatable bonds is 5. The molecule has 1 aliphatic rings. The molecule has 0 N–H and O–H groups in total. The van der Waals surface area contributed by atoms with E-state index in [9.17, 15) is 4.79 Å². The molecule has 4 heterocycles. The standard InChI is InChI=1S/C22H22BrN5O2S/c1-15-20(27-7-3-2-4-19(27)24-15)21(29)28(9-8-26-10-12-30-13-11-26)22-25-17-6-5-16(23)14-18(17)31-22/h2-7,14H,8-13H2,1H3. The van der Waals surface area contributed by atoms with Gasteiger partial charge in [0.25, 0.3) is 5.91 Å². The molecule has 160 valence electrons. The van der Waals surface area contributed by atoms with Crippen LogP contribution in [0.4, 0.5) is 5.13 Å². The summed E-state index contributed by atoms with van der Waals surface area (Å²) >= 11 is 5.06. The van der Waals surface area contributed by atoms with Crippen LogP contribution < -0.4 is 4.90 Å². The van der Waals surface area contributed by atoms with Crippen LogP contribution in [0.3, 0.4) is 0 Å². The van der Waals surface area contributed by atoms with Gasteiger partial charge in [-0.2, -0.15) is 0 Å². The monoisotopic (exact) mass is 499 g/mol. The predicted molar refractivity (Wildman–Crippen MR) is 126 cm³/mol. The highest BCUT2D eigenvalue weighted by Gasteiger charge is 2.27.